The van der Waals surface area contributed by atoms with Crippen molar-refractivity contribution in [2.45, 2.75) is 37.6 Å². The zero-order chi connectivity index (χ0) is 25.5. The van der Waals surface area contributed by atoms with Crippen molar-refractivity contribution in [3.63, 3.8) is 0 Å². The molecule has 1 heterocycles. The summed E-state index contributed by atoms with van der Waals surface area (Å²) >= 11 is 7.52. The van der Waals surface area contributed by atoms with Crippen molar-refractivity contribution in [2.24, 2.45) is 0 Å². The number of nitrogens with zero attached hydrogens (tertiary/aromatic N) is 1. The quantitative estimate of drug-likeness (QED) is 0.247. The second-order valence-electron chi connectivity index (χ2n) is 8.58. The molecule has 1 atom stereocenters. The van der Waals surface area contributed by atoms with E-state index >= 15 is 0 Å². The summed E-state index contributed by atoms with van der Waals surface area (Å²) in [5.74, 6) is 0.371. The van der Waals surface area contributed by atoms with Gasteiger partial charge in [0.1, 0.15) is 12.3 Å². The van der Waals surface area contributed by atoms with Gasteiger partial charge in [0.2, 0.25) is 5.91 Å². The Balaban J connectivity index is 1.47. The molecule has 0 aliphatic carbocycles. The van der Waals surface area contributed by atoms with Gasteiger partial charge in [-0.1, -0.05) is 73.1 Å². The molecule has 3 aromatic rings. The maximum absolute atomic E-state index is 13.4. The predicted octanol–water partition coefficient (Wildman–Crippen LogP) is 6.88. The number of thioether (sulfide) groups is 1. The van der Waals surface area contributed by atoms with Crippen molar-refractivity contribution < 1.29 is 14.3 Å². The first-order chi connectivity index (χ1) is 17.4. The molecule has 36 heavy (non-hydrogen) atoms. The first-order valence-corrected chi connectivity index (χ1v) is 13.2. The normalized spacial score (nSPS) is 14.9. The Kier molecular flexibility index (Phi) is 8.73. The van der Waals surface area contributed by atoms with E-state index in [-0.39, 0.29) is 24.4 Å². The minimum absolute atomic E-state index is 0.0775. The smallest absolute Gasteiger partial charge is 0.265 e. The molecule has 0 saturated heterocycles. The van der Waals surface area contributed by atoms with Gasteiger partial charge in [0, 0.05) is 9.92 Å². The molecule has 0 bridgehead atoms. The fourth-order valence-corrected chi connectivity index (χ4v) is 5.13. The predicted molar refractivity (Wildman–Crippen MR) is 147 cm³/mol. The summed E-state index contributed by atoms with van der Waals surface area (Å²) in [4.78, 5) is 29.4. The van der Waals surface area contributed by atoms with Gasteiger partial charge in [-0.05, 0) is 66.9 Å². The average Bonchev–Trinajstić information content (AvgIpc) is 2.87. The van der Waals surface area contributed by atoms with E-state index in [0.717, 1.165) is 40.3 Å². The highest BCUT2D eigenvalue weighted by molar-refractivity contribution is 8.04. The van der Waals surface area contributed by atoms with Crippen molar-refractivity contribution in [1.29, 1.82) is 0 Å². The highest BCUT2D eigenvalue weighted by Crippen LogP contribution is 2.42. The van der Waals surface area contributed by atoms with Crippen LogP contribution in [0, 0.1) is 0 Å². The number of fused-ring (bicyclic) bond motifs is 1. The molecule has 1 unspecified atom stereocenters. The fraction of sp³-hybridized carbons (Fsp3) is 0.241. The molecule has 186 valence electrons. The Hall–Kier alpha value is -3.22. The molecule has 2 amide bonds. The molecule has 0 radical (unpaired) electrons. The summed E-state index contributed by atoms with van der Waals surface area (Å²) in [7, 11) is 0. The van der Waals surface area contributed by atoms with E-state index in [9.17, 15) is 9.59 Å². The van der Waals surface area contributed by atoms with Crippen LogP contribution in [0.2, 0.25) is 5.02 Å². The van der Waals surface area contributed by atoms with Gasteiger partial charge in [-0.25, -0.2) is 0 Å². The monoisotopic (exact) mass is 520 g/mol. The number of carbonyl (C=O) groups excluding carboxylic acids is 2. The van der Waals surface area contributed by atoms with E-state index in [1.807, 2.05) is 79.7 Å². The molecule has 1 aliphatic rings. The summed E-state index contributed by atoms with van der Waals surface area (Å²) in [6, 6.07) is 22.5. The van der Waals surface area contributed by atoms with Crippen molar-refractivity contribution in [3.05, 3.63) is 93.9 Å². The number of para-hydroxylation sites is 1. The Morgan fingerprint density at radius 2 is 1.89 bits per heavy atom. The number of halogens is 1. The van der Waals surface area contributed by atoms with Crippen molar-refractivity contribution in [3.8, 4) is 5.75 Å². The van der Waals surface area contributed by atoms with E-state index in [2.05, 4.69) is 12.2 Å². The van der Waals surface area contributed by atoms with E-state index in [4.69, 9.17) is 16.3 Å². The van der Waals surface area contributed by atoms with Crippen LogP contribution in [0.5, 0.6) is 5.75 Å². The van der Waals surface area contributed by atoms with Crippen LogP contribution in [-0.4, -0.2) is 25.0 Å². The summed E-state index contributed by atoms with van der Waals surface area (Å²) in [6.45, 7) is 4.67. The molecular formula is C29H29ClN2O3S. The number of ether oxygens (including phenoxy) is 1. The summed E-state index contributed by atoms with van der Waals surface area (Å²) in [5, 5.41) is 3.62. The van der Waals surface area contributed by atoms with Crippen LogP contribution in [0.1, 0.15) is 43.9 Å². The highest BCUT2D eigenvalue weighted by atomic mass is 35.5. The van der Waals surface area contributed by atoms with Crippen LogP contribution in [0.15, 0.2) is 82.6 Å². The zero-order valence-corrected chi connectivity index (χ0v) is 21.9. The first-order valence-electron chi connectivity index (χ1n) is 12.0. The van der Waals surface area contributed by atoms with Crippen LogP contribution in [0.4, 0.5) is 5.69 Å². The van der Waals surface area contributed by atoms with E-state index in [1.165, 1.54) is 16.7 Å². The molecule has 7 heteroatoms. The van der Waals surface area contributed by atoms with Crippen LogP contribution in [0.3, 0.4) is 0 Å². The number of rotatable bonds is 9. The van der Waals surface area contributed by atoms with Gasteiger partial charge in [0.15, 0.2) is 0 Å². The van der Waals surface area contributed by atoms with E-state index in [1.54, 1.807) is 6.07 Å². The zero-order valence-electron chi connectivity index (χ0n) is 20.4. The second-order valence-corrected chi connectivity index (χ2v) is 10.1. The van der Waals surface area contributed by atoms with Crippen LogP contribution in [-0.2, 0) is 9.59 Å². The summed E-state index contributed by atoms with van der Waals surface area (Å²) < 4.78 is 5.72. The van der Waals surface area contributed by atoms with Gasteiger partial charge < -0.3 is 10.1 Å². The topological polar surface area (TPSA) is 58.6 Å². The molecule has 1 aliphatic heterocycles. The van der Waals surface area contributed by atoms with Gasteiger partial charge >= 0.3 is 0 Å². The molecule has 0 saturated carbocycles. The standard InChI is InChI=1S/C29H29ClN2O3S/c1-3-4-16-35-24-14-12-22(13-15-24)20(2)31-28(33)19-32-25-10-5-6-11-26(25)36-27(29(32)34)18-21-8-7-9-23(30)17-21/h5-15,17-18,20H,3-4,16,19H2,1-2H3,(H,31,33)/b27-18-. The minimum Gasteiger partial charge on any atom is -0.494 e. The number of hydrogen-bond donors (Lipinski definition) is 1. The van der Waals surface area contributed by atoms with Gasteiger partial charge in [0.05, 0.1) is 23.2 Å². The maximum atomic E-state index is 13.4. The Morgan fingerprint density at radius 1 is 1.11 bits per heavy atom. The van der Waals surface area contributed by atoms with Crippen molar-refractivity contribution in [1.82, 2.24) is 5.32 Å². The number of anilines is 1. The van der Waals surface area contributed by atoms with Crippen molar-refractivity contribution in [2.75, 3.05) is 18.1 Å². The van der Waals surface area contributed by atoms with Gasteiger partial charge in [-0.3, -0.25) is 14.5 Å². The molecule has 1 N–H and O–H groups in total. The number of unbranched alkanes of at least 4 members (excludes halogenated alkanes) is 1. The van der Waals surface area contributed by atoms with E-state index < -0.39 is 0 Å². The van der Waals surface area contributed by atoms with Gasteiger partial charge in [0.25, 0.3) is 5.91 Å². The third-order valence-corrected chi connectivity index (χ3v) is 7.12. The Bertz CT molecular complexity index is 1260. The molecule has 3 aromatic carbocycles. The molecule has 4 rings (SSSR count). The SMILES string of the molecule is CCCCOc1ccc(C(C)NC(=O)CN2C(=O)/C(=C/c3cccc(Cl)c3)Sc3ccccc32)cc1. The lowest BCUT2D eigenvalue weighted by Gasteiger charge is -2.30. The lowest BCUT2D eigenvalue weighted by Crippen LogP contribution is -2.43. The number of carbonyl (C=O) groups is 2. The molecular weight excluding hydrogens is 492 g/mol. The fourth-order valence-electron chi connectivity index (χ4n) is 3.87. The lowest BCUT2D eigenvalue weighted by atomic mass is 10.1. The third kappa shape index (κ3) is 6.50. The van der Waals surface area contributed by atoms with Crippen LogP contribution < -0.4 is 15.0 Å². The maximum Gasteiger partial charge on any atom is 0.265 e. The first kappa shape index (κ1) is 25.9. The third-order valence-electron chi connectivity index (χ3n) is 5.80. The average molecular weight is 521 g/mol. The van der Waals surface area contributed by atoms with Gasteiger partial charge in [-0.15, -0.1) is 0 Å². The molecule has 5 nitrogen and oxygen atoms in total. The van der Waals surface area contributed by atoms with E-state index in [0.29, 0.717) is 16.5 Å². The Labute approximate surface area is 221 Å². The number of nitrogens with one attached hydrogen (secondary N) is 1. The largest absolute Gasteiger partial charge is 0.494 e. The van der Waals surface area contributed by atoms with Gasteiger partial charge in [-0.2, -0.15) is 0 Å². The van der Waals surface area contributed by atoms with Crippen LogP contribution in [0.25, 0.3) is 6.08 Å². The summed E-state index contributed by atoms with van der Waals surface area (Å²) in [5.41, 5.74) is 2.53. The summed E-state index contributed by atoms with van der Waals surface area (Å²) in [6.07, 6.45) is 3.91. The Morgan fingerprint density at radius 3 is 2.64 bits per heavy atom. The molecule has 0 aromatic heterocycles. The van der Waals surface area contributed by atoms with Crippen molar-refractivity contribution >= 4 is 46.9 Å². The number of amides is 2. The molecule has 0 spiro atoms. The number of benzene rings is 3. The van der Waals surface area contributed by atoms with Crippen LogP contribution >= 0.6 is 23.4 Å². The molecule has 0 fully saturated rings. The minimum atomic E-state index is -0.233. The second kappa shape index (κ2) is 12.2. The highest BCUT2D eigenvalue weighted by Gasteiger charge is 2.30. The number of hydrogen-bond acceptors (Lipinski definition) is 4. The lowest BCUT2D eigenvalue weighted by molar-refractivity contribution is -0.122.